The van der Waals surface area contributed by atoms with Crippen molar-refractivity contribution in [1.29, 1.82) is 0 Å². The second-order valence-electron chi connectivity index (χ2n) is 3.43. The Morgan fingerprint density at radius 2 is 1.87 bits per heavy atom. The highest BCUT2D eigenvalue weighted by atomic mass is 16.1. The molecule has 1 heteroatoms. The zero-order chi connectivity index (χ0) is 10.7. The number of hydrogen-bond donors (Lipinski definition) is 0. The molecule has 2 aromatic carbocycles. The van der Waals surface area contributed by atoms with E-state index in [2.05, 4.69) is 5.92 Å². The van der Waals surface area contributed by atoms with E-state index in [0.717, 1.165) is 10.9 Å². The minimum Gasteiger partial charge on any atom is -0.285 e. The molecule has 0 saturated carbocycles. The summed E-state index contributed by atoms with van der Waals surface area (Å²) in [5.74, 6) is 1.95. The molecule has 0 aliphatic carbocycles. The molecule has 72 valence electrons. The van der Waals surface area contributed by atoms with Crippen molar-refractivity contribution in [2.45, 2.75) is 6.42 Å². The zero-order valence-electron chi connectivity index (χ0n) is 8.23. The van der Waals surface area contributed by atoms with Crippen molar-refractivity contribution in [2.75, 3.05) is 0 Å². The van der Waals surface area contributed by atoms with Crippen LogP contribution in [0.2, 0.25) is 0 Å². The van der Waals surface area contributed by atoms with Crippen molar-refractivity contribution in [1.82, 2.24) is 0 Å². The molecular weight excluding hydrogens is 184 g/mol. The summed E-state index contributed by atoms with van der Waals surface area (Å²) in [6, 6.07) is 14.0. The van der Waals surface area contributed by atoms with E-state index in [0.29, 0.717) is 6.42 Å². The first-order valence-corrected chi connectivity index (χ1v) is 4.77. The summed E-state index contributed by atoms with van der Waals surface area (Å²) >= 11 is 0. The van der Waals surface area contributed by atoms with E-state index < -0.39 is 0 Å². The molecule has 0 aromatic heterocycles. The SMILES string of the molecule is C#CC(=O)Cc1ccc2ccccc2c1. The quantitative estimate of drug-likeness (QED) is 0.530. The van der Waals surface area contributed by atoms with Crippen molar-refractivity contribution >= 4 is 16.6 Å². The summed E-state index contributed by atoms with van der Waals surface area (Å²) in [5.41, 5.74) is 0.969. The lowest BCUT2D eigenvalue weighted by Gasteiger charge is -2.00. The summed E-state index contributed by atoms with van der Waals surface area (Å²) in [4.78, 5) is 11.1. The summed E-state index contributed by atoms with van der Waals surface area (Å²) < 4.78 is 0. The number of rotatable bonds is 2. The molecule has 0 atom stereocenters. The number of hydrogen-bond acceptors (Lipinski definition) is 1. The normalized spacial score (nSPS) is 9.80. The fourth-order valence-corrected chi connectivity index (χ4v) is 1.59. The van der Waals surface area contributed by atoms with Crippen LogP contribution in [0.25, 0.3) is 10.8 Å². The lowest BCUT2D eigenvalue weighted by Crippen LogP contribution is -1.98. The lowest BCUT2D eigenvalue weighted by atomic mass is 10.0. The molecule has 0 aliphatic heterocycles. The second-order valence-corrected chi connectivity index (χ2v) is 3.43. The highest BCUT2D eigenvalue weighted by Gasteiger charge is 2.00. The highest BCUT2D eigenvalue weighted by molar-refractivity contribution is 5.97. The Bertz CT molecular complexity index is 547. The Hall–Kier alpha value is -2.07. The van der Waals surface area contributed by atoms with Crippen molar-refractivity contribution in [3.63, 3.8) is 0 Å². The van der Waals surface area contributed by atoms with Gasteiger partial charge < -0.3 is 0 Å². The molecule has 0 unspecified atom stereocenters. The molecule has 0 amide bonds. The van der Waals surface area contributed by atoms with Gasteiger partial charge in [-0.1, -0.05) is 42.5 Å². The van der Waals surface area contributed by atoms with E-state index in [1.165, 1.54) is 5.39 Å². The molecule has 0 heterocycles. The molecule has 0 bridgehead atoms. The van der Waals surface area contributed by atoms with Crippen LogP contribution < -0.4 is 0 Å². The summed E-state index contributed by atoms with van der Waals surface area (Å²) in [6.45, 7) is 0. The maximum Gasteiger partial charge on any atom is 0.209 e. The molecular formula is C14H10O. The third-order valence-corrected chi connectivity index (χ3v) is 2.34. The number of carbonyl (C=O) groups is 1. The second kappa shape index (κ2) is 3.98. The van der Waals surface area contributed by atoms with Crippen LogP contribution in [-0.2, 0) is 11.2 Å². The summed E-state index contributed by atoms with van der Waals surface area (Å²) in [5, 5.41) is 2.31. The Kier molecular flexibility index (Phi) is 2.51. The van der Waals surface area contributed by atoms with Gasteiger partial charge in [0.15, 0.2) is 0 Å². The molecule has 0 fully saturated rings. The van der Waals surface area contributed by atoms with Gasteiger partial charge in [-0.15, -0.1) is 6.42 Å². The van der Waals surface area contributed by atoms with E-state index in [9.17, 15) is 4.79 Å². The van der Waals surface area contributed by atoms with Gasteiger partial charge in [0.05, 0.1) is 0 Å². The number of benzene rings is 2. The molecule has 0 radical (unpaired) electrons. The van der Waals surface area contributed by atoms with E-state index >= 15 is 0 Å². The van der Waals surface area contributed by atoms with Gasteiger partial charge in [0.2, 0.25) is 5.78 Å². The van der Waals surface area contributed by atoms with Crippen LogP contribution in [0.1, 0.15) is 5.56 Å². The van der Waals surface area contributed by atoms with Crippen LogP contribution in [0.4, 0.5) is 0 Å². The van der Waals surface area contributed by atoms with E-state index in [4.69, 9.17) is 6.42 Å². The van der Waals surface area contributed by atoms with Crippen molar-refractivity contribution < 1.29 is 4.79 Å². The van der Waals surface area contributed by atoms with Gasteiger partial charge in [-0.25, -0.2) is 0 Å². The van der Waals surface area contributed by atoms with Crippen LogP contribution in [0.5, 0.6) is 0 Å². The van der Waals surface area contributed by atoms with Gasteiger partial charge in [-0.2, -0.15) is 0 Å². The van der Waals surface area contributed by atoms with Crippen LogP contribution in [0.15, 0.2) is 42.5 Å². The first kappa shape index (κ1) is 9.48. The fourth-order valence-electron chi connectivity index (χ4n) is 1.59. The van der Waals surface area contributed by atoms with Crippen molar-refractivity contribution in [3.8, 4) is 12.3 Å². The molecule has 0 aliphatic rings. The number of Topliss-reactive ketones (excluding diaryl/α,β-unsaturated/α-hetero) is 1. The monoisotopic (exact) mass is 194 g/mol. The Labute approximate surface area is 88.7 Å². The number of terminal acetylenes is 1. The average molecular weight is 194 g/mol. The van der Waals surface area contributed by atoms with Crippen LogP contribution in [0.3, 0.4) is 0 Å². The standard InChI is InChI=1S/C14H10O/c1-2-14(15)10-11-7-8-12-5-3-4-6-13(12)9-11/h1,3-9H,10H2. The molecule has 0 spiro atoms. The number of ketones is 1. The zero-order valence-corrected chi connectivity index (χ0v) is 8.23. The number of carbonyl (C=O) groups excluding carboxylic acids is 1. The highest BCUT2D eigenvalue weighted by Crippen LogP contribution is 2.15. The van der Waals surface area contributed by atoms with E-state index in [1.54, 1.807) is 0 Å². The first-order chi connectivity index (χ1) is 7.29. The number of fused-ring (bicyclic) bond motifs is 1. The third kappa shape index (κ3) is 2.05. The van der Waals surface area contributed by atoms with Crippen molar-refractivity contribution in [2.24, 2.45) is 0 Å². The van der Waals surface area contributed by atoms with Gasteiger partial charge in [0.1, 0.15) is 0 Å². The van der Waals surface area contributed by atoms with Gasteiger partial charge in [-0.05, 0) is 22.3 Å². The molecule has 0 saturated heterocycles. The van der Waals surface area contributed by atoms with Crippen LogP contribution >= 0.6 is 0 Å². The maximum atomic E-state index is 11.1. The van der Waals surface area contributed by atoms with Gasteiger partial charge >= 0.3 is 0 Å². The summed E-state index contributed by atoms with van der Waals surface area (Å²) in [6.07, 6.45) is 5.35. The maximum absolute atomic E-state index is 11.1. The van der Waals surface area contributed by atoms with Gasteiger partial charge in [0, 0.05) is 6.42 Å². The topological polar surface area (TPSA) is 17.1 Å². The molecule has 2 rings (SSSR count). The minimum atomic E-state index is -0.176. The third-order valence-electron chi connectivity index (χ3n) is 2.34. The molecule has 1 nitrogen and oxygen atoms in total. The first-order valence-electron chi connectivity index (χ1n) is 4.77. The van der Waals surface area contributed by atoms with E-state index in [-0.39, 0.29) is 5.78 Å². The minimum absolute atomic E-state index is 0.176. The Balaban J connectivity index is 2.39. The molecule has 15 heavy (non-hydrogen) atoms. The summed E-state index contributed by atoms with van der Waals surface area (Å²) in [7, 11) is 0. The lowest BCUT2D eigenvalue weighted by molar-refractivity contribution is -0.113. The Morgan fingerprint density at radius 1 is 1.13 bits per heavy atom. The largest absolute Gasteiger partial charge is 0.285 e. The van der Waals surface area contributed by atoms with Crippen LogP contribution in [0, 0.1) is 12.3 Å². The van der Waals surface area contributed by atoms with E-state index in [1.807, 2.05) is 42.5 Å². The molecule has 2 aromatic rings. The van der Waals surface area contributed by atoms with Crippen LogP contribution in [-0.4, -0.2) is 5.78 Å². The smallest absolute Gasteiger partial charge is 0.209 e. The predicted molar refractivity (Wildman–Crippen MR) is 61.5 cm³/mol. The molecule has 0 N–H and O–H groups in total. The average Bonchev–Trinajstić information content (AvgIpc) is 2.29. The predicted octanol–water partition coefficient (Wildman–Crippen LogP) is 2.58. The van der Waals surface area contributed by atoms with Crippen molar-refractivity contribution in [3.05, 3.63) is 48.0 Å². The van der Waals surface area contributed by atoms with Gasteiger partial charge in [-0.3, -0.25) is 4.79 Å². The Morgan fingerprint density at radius 3 is 2.60 bits per heavy atom. The fraction of sp³-hybridized carbons (Fsp3) is 0.0714. The van der Waals surface area contributed by atoms with Gasteiger partial charge in [0.25, 0.3) is 0 Å².